The predicted molar refractivity (Wildman–Crippen MR) is 115 cm³/mol. The fraction of sp³-hybridized carbons (Fsp3) is 0.0526. The average Bonchev–Trinajstić information content (AvgIpc) is 3.18. The fourth-order valence-corrected chi connectivity index (χ4v) is 3.36. The topological polar surface area (TPSA) is 190 Å². The van der Waals surface area contributed by atoms with Crippen LogP contribution in [-0.4, -0.2) is 54.6 Å². The third-order valence-corrected chi connectivity index (χ3v) is 4.93. The lowest BCUT2D eigenvalue weighted by Crippen LogP contribution is -2.54. The summed E-state index contributed by atoms with van der Waals surface area (Å²) in [6, 6.07) is 5.82. The highest BCUT2D eigenvalue weighted by Crippen LogP contribution is 2.32. The molecule has 0 spiro atoms. The molecule has 1 aromatic heterocycles. The molecule has 160 valence electrons. The number of aromatic nitrogens is 3. The number of primary amides is 2. The Hall–Kier alpha value is -4.20. The number of urea groups is 1. The Kier molecular flexibility index (Phi) is 5.36. The van der Waals surface area contributed by atoms with Crippen molar-refractivity contribution in [1.82, 2.24) is 15.2 Å². The molecule has 0 radical (unpaired) electrons. The van der Waals surface area contributed by atoms with Crippen molar-refractivity contribution in [3.05, 3.63) is 77.7 Å². The van der Waals surface area contributed by atoms with Crippen LogP contribution in [0.3, 0.4) is 0 Å². The number of carbonyl (C=O) groups excluding carboxylic acids is 2. The number of quaternary nitrogens is 1. The van der Waals surface area contributed by atoms with Crippen molar-refractivity contribution in [2.75, 3.05) is 5.32 Å². The standard InChI is InChI=1S/C19H17BN8O4/c21-15(29)14-16(23-9-11-4-3-5-12(8-11)20(31)32)25-17(27-26-14)18-24-10-13-6-1-2-7-28(13,18)19(22)30/h1-8,10,31-32H,9H2,(H4-,21,22,23,25,27,29,30)/p+1. The van der Waals surface area contributed by atoms with Gasteiger partial charge in [-0.3, -0.25) is 4.79 Å². The van der Waals surface area contributed by atoms with E-state index in [0.717, 1.165) is 0 Å². The fourth-order valence-electron chi connectivity index (χ4n) is 3.36. The zero-order valence-electron chi connectivity index (χ0n) is 16.6. The van der Waals surface area contributed by atoms with Gasteiger partial charge in [0.2, 0.25) is 0 Å². The van der Waals surface area contributed by atoms with E-state index in [1.807, 2.05) is 0 Å². The van der Waals surface area contributed by atoms with Crippen LogP contribution in [0.1, 0.15) is 21.9 Å². The van der Waals surface area contributed by atoms with Gasteiger partial charge in [0.15, 0.2) is 17.2 Å². The molecule has 1 aromatic carbocycles. The Balaban J connectivity index is 1.68. The Morgan fingerprint density at radius 2 is 1.97 bits per heavy atom. The molecule has 4 rings (SSSR count). The van der Waals surface area contributed by atoms with E-state index in [1.54, 1.807) is 48.7 Å². The number of amides is 3. The largest absolute Gasteiger partial charge is 0.488 e. The molecule has 1 unspecified atom stereocenters. The van der Waals surface area contributed by atoms with Gasteiger partial charge in [-0.2, -0.15) is 4.99 Å². The normalized spacial score (nSPS) is 18.6. The Labute approximate surface area is 182 Å². The first-order valence-electron chi connectivity index (χ1n) is 9.40. The molecule has 7 N–H and O–H groups in total. The maximum absolute atomic E-state index is 12.4. The quantitative estimate of drug-likeness (QED) is 0.278. The summed E-state index contributed by atoms with van der Waals surface area (Å²) in [6.07, 6.45) is 8.10. The number of nitrogens with two attached hydrogens (primary N) is 2. The SMILES string of the molecule is NC(=O)c1nnc(C2=NC=C3C=CC=C[N+]32C(N)=O)nc1NCc1cccc(B(O)O)c1. The van der Waals surface area contributed by atoms with Gasteiger partial charge in [0.1, 0.15) is 6.20 Å². The second-order valence-electron chi connectivity index (χ2n) is 6.94. The lowest BCUT2D eigenvalue weighted by atomic mass is 9.80. The van der Waals surface area contributed by atoms with Gasteiger partial charge in [-0.15, -0.1) is 14.7 Å². The number of carbonyl (C=O) groups is 2. The van der Waals surface area contributed by atoms with Crippen molar-refractivity contribution >= 4 is 36.2 Å². The number of nitrogens with one attached hydrogen (secondary N) is 1. The van der Waals surface area contributed by atoms with E-state index in [2.05, 4.69) is 25.5 Å². The summed E-state index contributed by atoms with van der Waals surface area (Å²) in [4.78, 5) is 32.8. The number of fused-ring (bicyclic) bond motifs is 1. The molecule has 0 saturated heterocycles. The molecule has 32 heavy (non-hydrogen) atoms. The highest BCUT2D eigenvalue weighted by Gasteiger charge is 2.49. The maximum atomic E-state index is 12.4. The van der Waals surface area contributed by atoms with E-state index >= 15 is 0 Å². The number of nitrogens with zero attached hydrogens (tertiary/aromatic N) is 5. The van der Waals surface area contributed by atoms with Crippen LogP contribution in [0.2, 0.25) is 0 Å². The molecule has 1 atom stereocenters. The van der Waals surface area contributed by atoms with E-state index in [1.165, 1.54) is 6.20 Å². The lowest BCUT2D eigenvalue weighted by molar-refractivity contribution is -0.647. The Morgan fingerprint density at radius 3 is 2.69 bits per heavy atom. The smallest absolute Gasteiger partial charge is 0.423 e. The van der Waals surface area contributed by atoms with Crippen LogP contribution < -0.4 is 22.2 Å². The van der Waals surface area contributed by atoms with E-state index in [0.29, 0.717) is 16.7 Å². The zero-order chi connectivity index (χ0) is 22.9. The minimum atomic E-state index is -1.62. The minimum absolute atomic E-state index is 0.0211. The second kappa shape index (κ2) is 8.15. The Bertz CT molecular complexity index is 1240. The van der Waals surface area contributed by atoms with Crippen LogP contribution in [0.4, 0.5) is 10.6 Å². The molecule has 2 aliphatic heterocycles. The molecule has 3 amide bonds. The Morgan fingerprint density at radius 1 is 1.16 bits per heavy atom. The van der Waals surface area contributed by atoms with Crippen molar-refractivity contribution in [2.45, 2.75) is 6.54 Å². The van der Waals surface area contributed by atoms with Crippen LogP contribution in [-0.2, 0) is 6.54 Å². The summed E-state index contributed by atoms with van der Waals surface area (Å²) in [5, 5.41) is 29.5. The van der Waals surface area contributed by atoms with Gasteiger partial charge in [-0.25, -0.2) is 9.78 Å². The average molecular weight is 433 g/mol. The number of benzene rings is 1. The van der Waals surface area contributed by atoms with E-state index in [4.69, 9.17) is 11.5 Å². The number of anilines is 1. The van der Waals surface area contributed by atoms with Crippen molar-refractivity contribution in [3.8, 4) is 0 Å². The molecule has 0 fully saturated rings. The van der Waals surface area contributed by atoms with Crippen LogP contribution >= 0.6 is 0 Å². The first-order valence-corrected chi connectivity index (χ1v) is 9.40. The number of hydrogen-bond donors (Lipinski definition) is 5. The molecule has 0 bridgehead atoms. The molecular weight excluding hydrogens is 415 g/mol. The summed E-state index contributed by atoms with van der Waals surface area (Å²) >= 11 is 0. The highest BCUT2D eigenvalue weighted by atomic mass is 16.4. The first kappa shape index (κ1) is 21.1. The molecular formula is C19H18BN8O4+. The van der Waals surface area contributed by atoms with Crippen LogP contribution in [0.25, 0.3) is 0 Å². The van der Waals surface area contributed by atoms with Gasteiger partial charge >= 0.3 is 13.1 Å². The summed E-state index contributed by atoms with van der Waals surface area (Å²) in [5.41, 5.74) is 12.4. The van der Waals surface area contributed by atoms with Crippen LogP contribution in [0.5, 0.6) is 0 Å². The van der Waals surface area contributed by atoms with Gasteiger partial charge in [-0.1, -0.05) is 30.3 Å². The van der Waals surface area contributed by atoms with Gasteiger partial charge < -0.3 is 26.8 Å². The number of amidine groups is 1. The van der Waals surface area contributed by atoms with E-state index < -0.39 is 23.5 Å². The minimum Gasteiger partial charge on any atom is -0.423 e. The van der Waals surface area contributed by atoms with Crippen molar-refractivity contribution < 1.29 is 24.1 Å². The van der Waals surface area contributed by atoms with Crippen LogP contribution in [0.15, 0.2) is 65.6 Å². The number of aliphatic imine (C=N–C) groups is 1. The van der Waals surface area contributed by atoms with E-state index in [9.17, 15) is 19.6 Å². The molecule has 13 heteroatoms. The number of allylic oxidation sites excluding steroid dienone is 3. The third-order valence-electron chi connectivity index (χ3n) is 4.93. The highest BCUT2D eigenvalue weighted by molar-refractivity contribution is 6.58. The maximum Gasteiger partial charge on any atom is 0.488 e. The molecule has 0 saturated carbocycles. The van der Waals surface area contributed by atoms with E-state index in [-0.39, 0.29) is 29.7 Å². The molecule has 2 aliphatic rings. The summed E-state index contributed by atoms with van der Waals surface area (Å²) < 4.78 is -0.524. The van der Waals surface area contributed by atoms with Gasteiger partial charge in [0, 0.05) is 12.6 Å². The third kappa shape index (κ3) is 3.56. The van der Waals surface area contributed by atoms with Gasteiger partial charge in [0.05, 0.1) is 6.20 Å². The molecule has 2 aromatic rings. The molecule has 0 aliphatic carbocycles. The molecule has 3 heterocycles. The first-order chi connectivity index (χ1) is 15.3. The second-order valence-corrected chi connectivity index (χ2v) is 6.94. The van der Waals surface area contributed by atoms with Crippen molar-refractivity contribution in [3.63, 3.8) is 0 Å². The summed E-state index contributed by atoms with van der Waals surface area (Å²) in [5.74, 6) is -0.745. The summed E-state index contributed by atoms with van der Waals surface area (Å²) in [7, 11) is -1.62. The van der Waals surface area contributed by atoms with Crippen molar-refractivity contribution in [1.29, 1.82) is 0 Å². The zero-order valence-corrected chi connectivity index (χ0v) is 16.6. The predicted octanol–water partition coefficient (Wildman–Crippen LogP) is -1.16. The summed E-state index contributed by atoms with van der Waals surface area (Å²) in [6.45, 7) is 0.160. The van der Waals surface area contributed by atoms with Gasteiger partial charge in [0.25, 0.3) is 17.6 Å². The number of rotatable bonds is 6. The monoisotopic (exact) mass is 433 g/mol. The number of hydrogen-bond acceptors (Lipinski definition) is 9. The molecule has 12 nitrogen and oxygen atoms in total. The van der Waals surface area contributed by atoms with Crippen LogP contribution in [0, 0.1) is 0 Å². The lowest BCUT2D eigenvalue weighted by Gasteiger charge is -2.27. The van der Waals surface area contributed by atoms with Gasteiger partial charge in [-0.05, 0) is 17.1 Å². The van der Waals surface area contributed by atoms with Crippen molar-refractivity contribution in [2.24, 2.45) is 16.5 Å².